The van der Waals surface area contributed by atoms with Gasteiger partial charge >= 0.3 is 6.16 Å². The number of hydrogen-bond acceptors (Lipinski definition) is 3. The number of ether oxygens (including phenoxy) is 1. The summed E-state index contributed by atoms with van der Waals surface area (Å²) >= 11 is 0. The van der Waals surface area contributed by atoms with Gasteiger partial charge in [-0.05, 0) is 36.5 Å². The number of rotatable bonds is 4. The smallest absolute Gasteiger partial charge is 0.504 e. The quantitative estimate of drug-likeness (QED) is 0.624. The molecule has 1 aromatic carbocycles. The van der Waals surface area contributed by atoms with Gasteiger partial charge in [0.2, 0.25) is 0 Å². The molecule has 0 bridgehead atoms. The molecule has 1 rings (SSSR count). The van der Waals surface area contributed by atoms with Crippen LogP contribution < -0.4 is 4.74 Å². The molecule has 2 N–H and O–H groups in total. The molecule has 4 nitrogen and oxygen atoms in total. The predicted octanol–water partition coefficient (Wildman–Crippen LogP) is 3.14. The standard InChI is InChI=1S/C13H18O4/c1-4-8-7-11(17-13(15)16)12(14)10(6-3)9(8)5-2/h7,14H,4-6H2,1-3H3,(H,15,16). The first kappa shape index (κ1) is 13.4. The summed E-state index contributed by atoms with van der Waals surface area (Å²) in [6.45, 7) is 5.94. The number of phenolic OH excluding ortho intramolecular Hbond substituents is 1. The summed E-state index contributed by atoms with van der Waals surface area (Å²) in [6, 6.07) is 1.61. The van der Waals surface area contributed by atoms with E-state index in [1.807, 2.05) is 20.8 Å². The molecule has 0 unspecified atom stereocenters. The largest absolute Gasteiger partial charge is 0.511 e. The number of carbonyl (C=O) groups is 1. The second kappa shape index (κ2) is 5.57. The molecule has 1 aromatic rings. The van der Waals surface area contributed by atoms with Crippen molar-refractivity contribution < 1.29 is 19.7 Å². The van der Waals surface area contributed by atoms with Crippen molar-refractivity contribution in [1.29, 1.82) is 0 Å². The van der Waals surface area contributed by atoms with Gasteiger partial charge in [-0.3, -0.25) is 0 Å². The molecule has 0 aliphatic rings. The minimum Gasteiger partial charge on any atom is -0.504 e. The van der Waals surface area contributed by atoms with Crippen LogP contribution in [0.2, 0.25) is 0 Å². The normalized spacial score (nSPS) is 10.3. The molecule has 0 amide bonds. The third kappa shape index (κ3) is 2.70. The minimum absolute atomic E-state index is 0.0309. The van der Waals surface area contributed by atoms with Crippen LogP contribution in [0.1, 0.15) is 37.5 Å². The van der Waals surface area contributed by atoms with Crippen LogP contribution in [-0.4, -0.2) is 16.4 Å². The summed E-state index contributed by atoms with van der Waals surface area (Å²) in [5.74, 6) is -0.0210. The molecular formula is C13H18O4. The monoisotopic (exact) mass is 238 g/mol. The van der Waals surface area contributed by atoms with Crippen LogP contribution in [0.25, 0.3) is 0 Å². The van der Waals surface area contributed by atoms with Gasteiger partial charge in [-0.15, -0.1) is 0 Å². The summed E-state index contributed by atoms with van der Waals surface area (Å²) in [7, 11) is 0. The summed E-state index contributed by atoms with van der Waals surface area (Å²) in [5.41, 5.74) is 2.90. The van der Waals surface area contributed by atoms with Crippen LogP contribution in [0, 0.1) is 0 Å². The Balaban J connectivity index is 3.39. The van der Waals surface area contributed by atoms with Crippen molar-refractivity contribution in [2.75, 3.05) is 0 Å². The zero-order valence-electron chi connectivity index (χ0n) is 10.4. The number of benzene rings is 1. The first-order valence-electron chi connectivity index (χ1n) is 5.82. The van der Waals surface area contributed by atoms with Gasteiger partial charge in [0.1, 0.15) is 0 Å². The summed E-state index contributed by atoms with van der Waals surface area (Å²) < 4.78 is 4.60. The molecular weight excluding hydrogens is 220 g/mol. The average Bonchev–Trinajstić information content (AvgIpc) is 2.30. The summed E-state index contributed by atoms with van der Waals surface area (Å²) in [5, 5.41) is 18.6. The lowest BCUT2D eigenvalue weighted by Gasteiger charge is -2.16. The highest BCUT2D eigenvalue weighted by atomic mass is 16.7. The molecule has 0 aliphatic heterocycles. The van der Waals surface area contributed by atoms with Gasteiger partial charge in [0.05, 0.1) is 0 Å². The maximum atomic E-state index is 10.5. The van der Waals surface area contributed by atoms with Gasteiger partial charge < -0.3 is 14.9 Å². The van der Waals surface area contributed by atoms with Gasteiger partial charge in [0, 0.05) is 5.56 Å². The van der Waals surface area contributed by atoms with Crippen LogP contribution in [0.3, 0.4) is 0 Å². The fraction of sp³-hybridized carbons (Fsp3) is 0.462. The summed E-state index contributed by atoms with van der Waals surface area (Å²) in [6.07, 6.45) is 0.840. The molecule has 0 heterocycles. The third-order valence-corrected chi connectivity index (χ3v) is 2.86. The van der Waals surface area contributed by atoms with E-state index in [1.165, 1.54) is 0 Å². The van der Waals surface area contributed by atoms with Gasteiger partial charge in [-0.2, -0.15) is 0 Å². The Labute approximate surface area is 101 Å². The van der Waals surface area contributed by atoms with Gasteiger partial charge in [0.15, 0.2) is 11.5 Å². The highest BCUT2D eigenvalue weighted by Gasteiger charge is 2.17. The van der Waals surface area contributed by atoms with E-state index < -0.39 is 6.16 Å². The second-order valence-corrected chi connectivity index (χ2v) is 3.77. The van der Waals surface area contributed by atoms with Crippen molar-refractivity contribution in [3.63, 3.8) is 0 Å². The lowest BCUT2D eigenvalue weighted by Crippen LogP contribution is -2.06. The molecule has 0 spiro atoms. The SMILES string of the molecule is CCc1cc(OC(=O)O)c(O)c(CC)c1CC. The van der Waals surface area contributed by atoms with Gasteiger partial charge in [-0.1, -0.05) is 20.8 Å². The predicted molar refractivity (Wildman–Crippen MR) is 64.9 cm³/mol. The van der Waals surface area contributed by atoms with Crippen LogP contribution in [0.4, 0.5) is 4.79 Å². The molecule has 0 radical (unpaired) electrons. The van der Waals surface area contributed by atoms with Crippen LogP contribution in [0.15, 0.2) is 6.07 Å². The molecule has 17 heavy (non-hydrogen) atoms. The second-order valence-electron chi connectivity index (χ2n) is 3.77. The van der Waals surface area contributed by atoms with Crippen molar-refractivity contribution >= 4 is 6.16 Å². The fourth-order valence-electron chi connectivity index (χ4n) is 2.11. The van der Waals surface area contributed by atoms with E-state index in [4.69, 9.17) is 5.11 Å². The molecule has 0 aromatic heterocycles. The minimum atomic E-state index is -1.41. The highest BCUT2D eigenvalue weighted by molar-refractivity contribution is 5.65. The first-order chi connectivity index (χ1) is 8.04. The van der Waals surface area contributed by atoms with Crippen LogP contribution in [0.5, 0.6) is 11.5 Å². The Hall–Kier alpha value is -1.71. The van der Waals surface area contributed by atoms with E-state index in [0.29, 0.717) is 6.42 Å². The number of phenols is 1. The average molecular weight is 238 g/mol. The van der Waals surface area contributed by atoms with Crippen molar-refractivity contribution in [3.05, 3.63) is 22.8 Å². The lowest BCUT2D eigenvalue weighted by atomic mass is 9.94. The van der Waals surface area contributed by atoms with Crippen molar-refractivity contribution in [1.82, 2.24) is 0 Å². The van der Waals surface area contributed by atoms with Crippen LogP contribution >= 0.6 is 0 Å². The molecule has 0 aliphatic carbocycles. The third-order valence-electron chi connectivity index (χ3n) is 2.86. The Bertz CT molecular complexity index is 424. The van der Waals surface area contributed by atoms with Crippen molar-refractivity contribution in [2.24, 2.45) is 0 Å². The number of carboxylic acid groups (broad SMARTS) is 1. The van der Waals surface area contributed by atoms with E-state index in [1.54, 1.807) is 6.07 Å². The first-order valence-corrected chi connectivity index (χ1v) is 5.82. The zero-order valence-corrected chi connectivity index (χ0v) is 10.4. The Kier molecular flexibility index (Phi) is 4.37. The fourth-order valence-corrected chi connectivity index (χ4v) is 2.11. The number of aromatic hydroxyl groups is 1. The van der Waals surface area contributed by atoms with E-state index in [2.05, 4.69) is 4.74 Å². The lowest BCUT2D eigenvalue weighted by molar-refractivity contribution is 0.142. The molecule has 0 saturated carbocycles. The molecule has 4 heteroatoms. The van der Waals surface area contributed by atoms with Gasteiger partial charge in [-0.25, -0.2) is 4.79 Å². The number of hydrogen-bond donors (Lipinski definition) is 2. The van der Waals surface area contributed by atoms with E-state index in [-0.39, 0.29) is 11.5 Å². The maximum Gasteiger partial charge on any atom is 0.511 e. The van der Waals surface area contributed by atoms with Crippen molar-refractivity contribution in [2.45, 2.75) is 40.0 Å². The molecule has 0 fully saturated rings. The molecule has 0 saturated heterocycles. The van der Waals surface area contributed by atoms with Crippen LogP contribution in [-0.2, 0) is 19.3 Å². The highest BCUT2D eigenvalue weighted by Crippen LogP contribution is 2.36. The zero-order chi connectivity index (χ0) is 13.0. The van der Waals surface area contributed by atoms with E-state index in [0.717, 1.165) is 29.5 Å². The molecule has 94 valence electrons. The number of aryl methyl sites for hydroxylation is 1. The Morgan fingerprint density at radius 1 is 1.18 bits per heavy atom. The summed E-state index contributed by atoms with van der Waals surface area (Å²) in [4.78, 5) is 10.5. The maximum absolute atomic E-state index is 10.5. The Morgan fingerprint density at radius 2 is 1.76 bits per heavy atom. The Morgan fingerprint density at radius 3 is 2.18 bits per heavy atom. The van der Waals surface area contributed by atoms with E-state index >= 15 is 0 Å². The topological polar surface area (TPSA) is 66.8 Å². The van der Waals surface area contributed by atoms with Crippen molar-refractivity contribution in [3.8, 4) is 11.5 Å². The molecule has 0 atom stereocenters. The van der Waals surface area contributed by atoms with Gasteiger partial charge in [0.25, 0.3) is 0 Å². The van der Waals surface area contributed by atoms with E-state index in [9.17, 15) is 9.90 Å².